The van der Waals surface area contributed by atoms with Gasteiger partial charge in [-0.3, -0.25) is 0 Å². The second-order valence-corrected chi connectivity index (χ2v) is 16.9. The molecule has 3 aliphatic rings. The lowest BCUT2D eigenvalue weighted by Crippen LogP contribution is -2.14. The molecular formula is C43H47NO7S2. The summed E-state index contributed by atoms with van der Waals surface area (Å²) in [4.78, 5) is 40.9. The molecule has 2 aliphatic carbocycles. The van der Waals surface area contributed by atoms with Gasteiger partial charge in [-0.15, -0.1) is 0 Å². The average Bonchev–Trinajstić information content (AvgIpc) is 3.62. The zero-order valence-electron chi connectivity index (χ0n) is 30.9. The number of carbonyl (C=O) groups is 3. The topological polar surface area (TPSA) is 112 Å². The molecule has 3 aromatic rings. The molecule has 1 atom stereocenters. The monoisotopic (exact) mass is 753 g/mol. The quantitative estimate of drug-likeness (QED) is 0.0811. The Kier molecular flexibility index (Phi) is 13.0. The van der Waals surface area contributed by atoms with Gasteiger partial charge in [-0.1, -0.05) is 87.3 Å². The first-order chi connectivity index (χ1) is 25.6. The molecule has 0 N–H and O–H groups in total. The Bertz CT molecular complexity index is 1760. The first-order valence-corrected chi connectivity index (χ1v) is 20.3. The Morgan fingerprint density at radius 2 is 1.15 bits per heavy atom. The van der Waals surface area contributed by atoms with Crippen LogP contribution in [0, 0.1) is 23.2 Å². The fraction of sp³-hybridized carbons (Fsp3) is 0.442. The van der Waals surface area contributed by atoms with Crippen molar-refractivity contribution in [2.45, 2.75) is 106 Å². The molecule has 3 aromatic carbocycles. The summed E-state index contributed by atoms with van der Waals surface area (Å²) in [6.07, 6.45) is 9.78. The third-order valence-electron chi connectivity index (χ3n) is 10.8. The van der Waals surface area contributed by atoms with Gasteiger partial charge in [-0.25, -0.2) is 14.4 Å². The van der Waals surface area contributed by atoms with E-state index in [1.54, 1.807) is 43.5 Å². The molecular weight excluding hydrogens is 707 g/mol. The number of fused-ring (bicyclic) bond motifs is 1. The summed E-state index contributed by atoms with van der Waals surface area (Å²) in [5.74, 6) is 1.12. The molecule has 2 saturated carbocycles. The number of thioether (sulfide) groups is 2. The molecule has 2 fully saturated rings. The van der Waals surface area contributed by atoms with Gasteiger partial charge in [0.1, 0.15) is 17.6 Å². The molecule has 278 valence electrons. The summed E-state index contributed by atoms with van der Waals surface area (Å²) in [7, 11) is 1.58. The number of esters is 3. The zero-order chi connectivity index (χ0) is 37.5. The fourth-order valence-electron chi connectivity index (χ4n) is 7.16. The zero-order valence-corrected chi connectivity index (χ0v) is 32.5. The van der Waals surface area contributed by atoms with E-state index in [-0.39, 0.29) is 29.8 Å². The third kappa shape index (κ3) is 9.56. The maximum Gasteiger partial charge on any atom is 0.350 e. The lowest BCUT2D eigenvalue weighted by molar-refractivity contribution is -0.139. The number of nitrogens with zero attached hydrogens (tertiary/aromatic N) is 1. The van der Waals surface area contributed by atoms with Gasteiger partial charge < -0.3 is 18.9 Å². The molecule has 10 heteroatoms. The number of benzene rings is 3. The van der Waals surface area contributed by atoms with Crippen LogP contribution in [0.2, 0.25) is 0 Å². The average molecular weight is 754 g/mol. The van der Waals surface area contributed by atoms with E-state index < -0.39 is 17.9 Å². The number of rotatable bonds is 11. The largest absolute Gasteiger partial charge is 0.461 e. The molecule has 0 radical (unpaired) electrons. The predicted molar refractivity (Wildman–Crippen MR) is 206 cm³/mol. The van der Waals surface area contributed by atoms with Crippen LogP contribution in [0.4, 0.5) is 0 Å². The van der Waals surface area contributed by atoms with Gasteiger partial charge in [0.05, 0.1) is 37.9 Å². The van der Waals surface area contributed by atoms with E-state index in [1.807, 2.05) is 37.3 Å². The first-order valence-electron chi connectivity index (χ1n) is 18.6. The minimum atomic E-state index is -0.768. The van der Waals surface area contributed by atoms with E-state index in [9.17, 15) is 19.6 Å². The van der Waals surface area contributed by atoms with Crippen molar-refractivity contribution in [1.29, 1.82) is 5.26 Å². The van der Waals surface area contributed by atoms with Crippen LogP contribution in [0.15, 0.2) is 80.3 Å². The van der Waals surface area contributed by atoms with E-state index in [1.165, 1.54) is 36.8 Å². The van der Waals surface area contributed by atoms with Crippen LogP contribution in [0.5, 0.6) is 11.5 Å². The Labute approximate surface area is 321 Å². The van der Waals surface area contributed by atoms with Gasteiger partial charge in [-0.05, 0) is 104 Å². The summed E-state index contributed by atoms with van der Waals surface area (Å²) in [5.41, 5.74) is 3.09. The minimum absolute atomic E-state index is 0.0810. The summed E-state index contributed by atoms with van der Waals surface area (Å²) < 4.78 is 22.9. The molecule has 0 saturated heterocycles. The van der Waals surface area contributed by atoms with Crippen LogP contribution in [-0.2, 0) is 14.3 Å². The van der Waals surface area contributed by atoms with E-state index in [0.717, 1.165) is 61.0 Å². The second kappa shape index (κ2) is 17.9. The van der Waals surface area contributed by atoms with Gasteiger partial charge >= 0.3 is 17.9 Å². The molecule has 53 heavy (non-hydrogen) atoms. The van der Waals surface area contributed by atoms with Gasteiger partial charge in [0.25, 0.3) is 0 Å². The number of carbonyl (C=O) groups excluding carboxylic acids is 3. The predicted octanol–water partition coefficient (Wildman–Crippen LogP) is 10.6. The van der Waals surface area contributed by atoms with Crippen LogP contribution in [0.25, 0.3) is 0 Å². The van der Waals surface area contributed by atoms with Crippen molar-refractivity contribution in [1.82, 2.24) is 0 Å². The lowest BCUT2D eigenvalue weighted by Gasteiger charge is -2.26. The van der Waals surface area contributed by atoms with Crippen LogP contribution in [0.1, 0.15) is 122 Å². The highest BCUT2D eigenvalue weighted by atomic mass is 32.2. The Morgan fingerprint density at radius 3 is 1.55 bits per heavy atom. The van der Waals surface area contributed by atoms with Gasteiger partial charge in [0.15, 0.2) is 5.57 Å². The Hall–Kier alpha value is -4.04. The third-order valence-corrected chi connectivity index (χ3v) is 13.4. The molecule has 0 aromatic heterocycles. The Morgan fingerprint density at radius 1 is 0.717 bits per heavy atom. The van der Waals surface area contributed by atoms with Crippen molar-refractivity contribution in [2.75, 3.05) is 13.7 Å². The van der Waals surface area contributed by atoms with E-state index >= 15 is 0 Å². The van der Waals surface area contributed by atoms with Crippen LogP contribution in [-0.4, -0.2) is 37.7 Å². The van der Waals surface area contributed by atoms with Crippen molar-refractivity contribution in [3.63, 3.8) is 0 Å². The van der Waals surface area contributed by atoms with Gasteiger partial charge in [0.2, 0.25) is 0 Å². The van der Waals surface area contributed by atoms with Crippen molar-refractivity contribution in [3.05, 3.63) is 92.7 Å². The van der Waals surface area contributed by atoms with Crippen molar-refractivity contribution < 1.29 is 33.3 Å². The number of ether oxygens (including phenoxy) is 4. The number of methoxy groups -OCH3 is 1. The lowest BCUT2D eigenvalue weighted by atomic mass is 9.79. The van der Waals surface area contributed by atoms with E-state index in [4.69, 9.17) is 18.9 Å². The highest BCUT2D eigenvalue weighted by Gasteiger charge is 2.33. The van der Waals surface area contributed by atoms with Crippen LogP contribution < -0.4 is 9.47 Å². The van der Waals surface area contributed by atoms with Crippen molar-refractivity contribution >= 4 is 41.4 Å². The summed E-state index contributed by atoms with van der Waals surface area (Å²) >= 11 is 2.22. The van der Waals surface area contributed by atoms with Crippen LogP contribution in [0.3, 0.4) is 0 Å². The minimum Gasteiger partial charge on any atom is -0.461 e. The maximum absolute atomic E-state index is 13.5. The molecule has 0 amide bonds. The smallest absolute Gasteiger partial charge is 0.350 e. The van der Waals surface area contributed by atoms with Crippen molar-refractivity contribution in [2.24, 2.45) is 11.8 Å². The molecule has 8 nitrogen and oxygen atoms in total. The fourth-order valence-corrected chi connectivity index (χ4v) is 9.71. The normalized spacial score (nSPS) is 21.5. The highest BCUT2D eigenvalue weighted by molar-refractivity contribution is 8.24. The summed E-state index contributed by atoms with van der Waals surface area (Å²) in [6, 6.07) is 20.4. The van der Waals surface area contributed by atoms with E-state index in [2.05, 4.69) is 13.8 Å². The second-order valence-electron chi connectivity index (χ2n) is 14.6. The van der Waals surface area contributed by atoms with E-state index in [0.29, 0.717) is 43.4 Å². The number of nitriles is 1. The van der Waals surface area contributed by atoms with Crippen molar-refractivity contribution in [3.8, 4) is 17.6 Å². The molecule has 0 spiro atoms. The summed E-state index contributed by atoms with van der Waals surface area (Å²) in [6.45, 7) is 6.54. The maximum atomic E-state index is 13.5. The summed E-state index contributed by atoms with van der Waals surface area (Å²) in [5, 5.41) is 10.0. The van der Waals surface area contributed by atoms with Crippen LogP contribution >= 0.6 is 23.5 Å². The van der Waals surface area contributed by atoms with Gasteiger partial charge in [0, 0.05) is 13.5 Å². The highest BCUT2D eigenvalue weighted by Crippen LogP contribution is 2.59. The first kappa shape index (κ1) is 38.7. The SMILES string of the molecule is COC(C)CCOC(=O)C(C#N)=C1Sc2c(OC(=O)c3ccc(C4CCC(C)CC4)cc3)ccc(OC(=O)c3ccc(C4CCC(C)CC4)cc3)c2S1. The molecule has 1 aliphatic heterocycles. The Balaban J connectivity index is 1.22. The number of hydrogen-bond donors (Lipinski definition) is 0. The molecule has 6 rings (SSSR count). The standard InChI is InChI=1S/C43H47NO7S2/c1-26-5-9-29(10-6-26)31-13-17-33(18-14-31)40(45)50-36-21-22-37(51-41(46)34-19-15-32(16-20-34)30-11-7-27(2)8-12-30)39-38(36)52-43(53-39)35(25-44)42(47)49-24-23-28(3)48-4/h13-22,26-30H,5-12,23-24H2,1-4H3. The number of hydrogen-bond acceptors (Lipinski definition) is 10. The molecule has 0 bridgehead atoms. The molecule has 1 unspecified atom stereocenters. The molecule has 1 heterocycles. The van der Waals surface area contributed by atoms with Gasteiger partial charge in [-0.2, -0.15) is 5.26 Å².